The summed E-state index contributed by atoms with van der Waals surface area (Å²) in [5.41, 5.74) is 0. The molecule has 2 atom stereocenters. The van der Waals surface area contributed by atoms with Gasteiger partial charge in [0.2, 0.25) is 5.91 Å². The third kappa shape index (κ3) is 65.4. The van der Waals surface area contributed by atoms with E-state index >= 15 is 0 Å². The molecule has 0 saturated carbocycles. The predicted molar refractivity (Wildman–Crippen MR) is 347 cm³/mol. The fraction of sp³-hybridized carbons (Fsp3) is 0.918. The molecule has 0 fully saturated rings. The van der Waals surface area contributed by atoms with Crippen molar-refractivity contribution in [2.75, 3.05) is 13.2 Å². The number of aliphatic hydroxyl groups excluding tert-OH is 2. The average molecular weight is 1110 g/mol. The standard InChI is InChI=1S/C73H141NO5/c1-3-5-7-9-11-13-15-17-19-34-39-43-47-51-55-59-63-67-73(78)79-68-64-60-56-52-48-44-40-36-33-31-29-27-25-23-21-20-22-24-26-28-30-32-35-38-42-46-50-54-58-62-66-72(77)74-70(69-75)71(76)65-61-57-53-49-45-41-37-18-16-14-12-10-8-6-4-2/h21,23,61,65,70-71,75-76H,3-20,22,24-60,62-64,66-69H2,1-2H3,(H,74,77)/b23-21-,65-61+. The van der Waals surface area contributed by atoms with Crippen LogP contribution >= 0.6 is 0 Å². The lowest BCUT2D eigenvalue weighted by Gasteiger charge is -2.20. The van der Waals surface area contributed by atoms with Crippen molar-refractivity contribution >= 4 is 11.9 Å². The fourth-order valence-electron chi connectivity index (χ4n) is 11.5. The molecule has 0 aliphatic heterocycles. The maximum Gasteiger partial charge on any atom is 0.305 e. The van der Waals surface area contributed by atoms with Crippen molar-refractivity contribution in [2.24, 2.45) is 0 Å². The third-order valence-electron chi connectivity index (χ3n) is 17.0. The first-order chi connectivity index (χ1) is 39.0. The third-order valence-corrected chi connectivity index (χ3v) is 17.0. The summed E-state index contributed by atoms with van der Waals surface area (Å²) in [5.74, 6) is -0.0424. The Morgan fingerprint density at radius 1 is 0.342 bits per heavy atom. The van der Waals surface area contributed by atoms with Gasteiger partial charge in [-0.2, -0.15) is 0 Å². The van der Waals surface area contributed by atoms with Crippen molar-refractivity contribution in [3.05, 3.63) is 24.3 Å². The van der Waals surface area contributed by atoms with Gasteiger partial charge in [-0.05, 0) is 57.8 Å². The molecule has 1 amide bonds. The summed E-state index contributed by atoms with van der Waals surface area (Å²) in [7, 11) is 0. The van der Waals surface area contributed by atoms with Crippen molar-refractivity contribution in [1.82, 2.24) is 5.32 Å². The Kier molecular flexibility index (Phi) is 67.4. The quantitative estimate of drug-likeness (QED) is 0.0320. The highest BCUT2D eigenvalue weighted by Gasteiger charge is 2.18. The molecule has 0 spiro atoms. The summed E-state index contributed by atoms with van der Waals surface area (Å²) in [6, 6.07) is -0.626. The number of esters is 1. The van der Waals surface area contributed by atoms with Crippen LogP contribution in [0.2, 0.25) is 0 Å². The van der Waals surface area contributed by atoms with Gasteiger partial charge < -0.3 is 20.3 Å². The second-order valence-corrected chi connectivity index (χ2v) is 24.9. The topological polar surface area (TPSA) is 95.9 Å². The molecule has 0 bridgehead atoms. The minimum atomic E-state index is -0.843. The first-order valence-electron chi connectivity index (χ1n) is 36.1. The highest BCUT2D eigenvalue weighted by Crippen LogP contribution is 2.19. The molecule has 0 aromatic heterocycles. The molecule has 0 radical (unpaired) electrons. The first-order valence-corrected chi connectivity index (χ1v) is 36.1. The lowest BCUT2D eigenvalue weighted by atomic mass is 10.0. The monoisotopic (exact) mass is 1110 g/mol. The van der Waals surface area contributed by atoms with Crippen molar-refractivity contribution in [3.8, 4) is 0 Å². The molecule has 0 saturated heterocycles. The summed E-state index contributed by atoms with van der Waals surface area (Å²) >= 11 is 0. The lowest BCUT2D eigenvalue weighted by Crippen LogP contribution is -2.45. The van der Waals surface area contributed by atoms with E-state index < -0.39 is 12.1 Å². The largest absolute Gasteiger partial charge is 0.466 e. The van der Waals surface area contributed by atoms with Crippen molar-refractivity contribution in [3.63, 3.8) is 0 Å². The van der Waals surface area contributed by atoms with Gasteiger partial charge in [0.15, 0.2) is 0 Å². The van der Waals surface area contributed by atoms with Crippen molar-refractivity contribution in [1.29, 1.82) is 0 Å². The van der Waals surface area contributed by atoms with E-state index in [0.29, 0.717) is 19.4 Å². The number of nitrogens with one attached hydrogen (secondary N) is 1. The molecule has 0 aliphatic carbocycles. The van der Waals surface area contributed by atoms with Gasteiger partial charge in [-0.1, -0.05) is 359 Å². The Balaban J connectivity index is 3.36. The highest BCUT2D eigenvalue weighted by atomic mass is 16.5. The number of unbranched alkanes of at least 4 members (excludes halogenated alkanes) is 55. The van der Waals surface area contributed by atoms with Crippen LogP contribution in [-0.2, 0) is 14.3 Å². The maximum absolute atomic E-state index is 12.5. The molecule has 0 aromatic rings. The van der Waals surface area contributed by atoms with E-state index in [1.807, 2.05) is 6.08 Å². The number of rotatable bonds is 68. The fourth-order valence-corrected chi connectivity index (χ4v) is 11.5. The van der Waals surface area contributed by atoms with Crippen LogP contribution in [0.1, 0.15) is 406 Å². The van der Waals surface area contributed by atoms with Gasteiger partial charge >= 0.3 is 5.97 Å². The highest BCUT2D eigenvalue weighted by molar-refractivity contribution is 5.76. The number of hydrogen-bond acceptors (Lipinski definition) is 5. The van der Waals surface area contributed by atoms with Crippen LogP contribution in [0.25, 0.3) is 0 Å². The Bertz CT molecular complexity index is 1230. The van der Waals surface area contributed by atoms with Crippen LogP contribution in [0, 0.1) is 0 Å². The van der Waals surface area contributed by atoms with Crippen molar-refractivity contribution < 1.29 is 24.5 Å². The molecule has 6 nitrogen and oxygen atoms in total. The van der Waals surface area contributed by atoms with Gasteiger partial charge in [0.05, 0.1) is 25.4 Å². The summed E-state index contributed by atoms with van der Waals surface area (Å²) in [6.45, 7) is 4.94. The second-order valence-electron chi connectivity index (χ2n) is 24.9. The van der Waals surface area contributed by atoms with E-state index in [2.05, 4.69) is 31.3 Å². The zero-order chi connectivity index (χ0) is 57.1. The molecule has 3 N–H and O–H groups in total. The number of carbonyl (C=O) groups excluding carboxylic acids is 2. The smallest absolute Gasteiger partial charge is 0.305 e. The van der Waals surface area contributed by atoms with Gasteiger partial charge in [-0.25, -0.2) is 0 Å². The Morgan fingerprint density at radius 3 is 0.899 bits per heavy atom. The molecule has 6 heteroatoms. The zero-order valence-corrected chi connectivity index (χ0v) is 53.6. The van der Waals surface area contributed by atoms with Gasteiger partial charge in [0.25, 0.3) is 0 Å². The molecule has 468 valence electrons. The van der Waals surface area contributed by atoms with Crippen LogP contribution in [0.5, 0.6) is 0 Å². The number of amides is 1. The summed E-state index contributed by atoms with van der Waals surface area (Å²) in [6.07, 6.45) is 87.0. The van der Waals surface area contributed by atoms with E-state index in [0.717, 1.165) is 38.5 Å². The van der Waals surface area contributed by atoms with Crippen LogP contribution in [0.4, 0.5) is 0 Å². The number of aliphatic hydroxyl groups is 2. The van der Waals surface area contributed by atoms with Gasteiger partial charge in [0.1, 0.15) is 0 Å². The minimum absolute atomic E-state index is 0.0215. The molecule has 0 rings (SSSR count). The average Bonchev–Trinajstić information content (AvgIpc) is 3.45. The SMILES string of the molecule is CCCCCCCCCCCCCCC/C=C/C(O)C(CO)NC(=O)CCCCCCCCCCCCCCCC/C=C\CCCCCCCCCCCCCCOC(=O)CCCCCCCCCCCCCCCCCCC. The van der Waals surface area contributed by atoms with E-state index in [1.54, 1.807) is 6.08 Å². The summed E-state index contributed by atoms with van der Waals surface area (Å²) < 4.78 is 5.51. The number of hydrogen-bond donors (Lipinski definition) is 3. The number of carbonyl (C=O) groups is 2. The predicted octanol–water partition coefficient (Wildman–Crippen LogP) is 23.3. The van der Waals surface area contributed by atoms with Crippen molar-refractivity contribution in [2.45, 2.75) is 418 Å². The molecule has 0 aliphatic rings. The zero-order valence-electron chi connectivity index (χ0n) is 53.6. The van der Waals surface area contributed by atoms with E-state index in [4.69, 9.17) is 4.74 Å². The van der Waals surface area contributed by atoms with Crippen LogP contribution in [-0.4, -0.2) is 47.4 Å². The molecule has 79 heavy (non-hydrogen) atoms. The summed E-state index contributed by atoms with van der Waals surface area (Å²) in [5, 5.41) is 23.2. The van der Waals surface area contributed by atoms with E-state index in [-0.39, 0.29) is 18.5 Å². The Hall–Kier alpha value is -1.66. The molecule has 2 unspecified atom stereocenters. The normalized spacial score (nSPS) is 12.6. The van der Waals surface area contributed by atoms with Gasteiger partial charge in [-0.3, -0.25) is 9.59 Å². The van der Waals surface area contributed by atoms with Gasteiger partial charge in [-0.15, -0.1) is 0 Å². The lowest BCUT2D eigenvalue weighted by molar-refractivity contribution is -0.143. The molecular formula is C73H141NO5. The van der Waals surface area contributed by atoms with E-state index in [9.17, 15) is 19.8 Å². The Labute approximate surface area is 494 Å². The number of ether oxygens (including phenoxy) is 1. The van der Waals surface area contributed by atoms with Crippen LogP contribution in [0.3, 0.4) is 0 Å². The van der Waals surface area contributed by atoms with Gasteiger partial charge in [0, 0.05) is 12.8 Å². The number of allylic oxidation sites excluding steroid dienone is 3. The van der Waals surface area contributed by atoms with E-state index in [1.165, 1.54) is 340 Å². The summed E-state index contributed by atoms with van der Waals surface area (Å²) in [4.78, 5) is 24.6. The minimum Gasteiger partial charge on any atom is -0.466 e. The molecule has 0 heterocycles. The second kappa shape index (κ2) is 68.8. The molecule has 0 aromatic carbocycles. The van der Waals surface area contributed by atoms with Crippen LogP contribution in [0.15, 0.2) is 24.3 Å². The Morgan fingerprint density at radius 2 is 0.595 bits per heavy atom. The maximum atomic E-state index is 12.5. The first kappa shape index (κ1) is 77.3. The van der Waals surface area contributed by atoms with Crippen LogP contribution < -0.4 is 5.32 Å². The molecular weight excluding hydrogens is 971 g/mol.